The molecule has 0 atom stereocenters. The van der Waals surface area contributed by atoms with Gasteiger partial charge in [0.2, 0.25) is 17.0 Å². The second-order valence-electron chi connectivity index (χ2n) is 5.74. The number of rotatable bonds is 7. The Labute approximate surface area is 150 Å². The Kier molecular flexibility index (Phi) is 6.84. The normalized spacial score (nSPS) is 11.6. The number of carbonyl (C=O) groups excluding carboxylic acids is 1. The zero-order valence-electron chi connectivity index (χ0n) is 14.4. The van der Waals surface area contributed by atoms with Crippen molar-refractivity contribution in [2.45, 2.75) is 27.3 Å². The maximum atomic E-state index is 11.0. The number of aromatic nitrogens is 2. The van der Waals surface area contributed by atoms with E-state index >= 15 is 0 Å². The number of nitrogens with one attached hydrogen (secondary N) is 2. The van der Waals surface area contributed by atoms with Crippen LogP contribution in [-0.2, 0) is 16.2 Å². The lowest BCUT2D eigenvalue weighted by Crippen LogP contribution is -2.32. The molecule has 0 aliphatic rings. The molecule has 1 amide bonds. The molecule has 0 radical (unpaired) electrons. The molecule has 134 valence electrons. The molecular weight excluding hydrogens is 340 g/mol. The SMILES string of the molecule is CC(=O)NCc1cccc(-c2csc(/N=C(\N)NOCC(C)C)n2)n1. The van der Waals surface area contributed by atoms with E-state index in [1.165, 1.54) is 18.3 Å². The van der Waals surface area contributed by atoms with Gasteiger partial charge in [0, 0.05) is 12.3 Å². The summed E-state index contributed by atoms with van der Waals surface area (Å²) in [5.74, 6) is 0.441. The monoisotopic (exact) mass is 362 g/mol. The molecule has 0 aliphatic carbocycles. The molecule has 0 bridgehead atoms. The van der Waals surface area contributed by atoms with Crippen LogP contribution < -0.4 is 16.5 Å². The molecule has 0 saturated heterocycles. The van der Waals surface area contributed by atoms with E-state index in [1.807, 2.05) is 37.4 Å². The summed E-state index contributed by atoms with van der Waals surface area (Å²) in [4.78, 5) is 29.3. The Hall–Kier alpha value is -2.52. The smallest absolute Gasteiger partial charge is 0.220 e. The van der Waals surface area contributed by atoms with E-state index in [-0.39, 0.29) is 11.9 Å². The number of nitrogens with two attached hydrogens (primary N) is 1. The Morgan fingerprint density at radius 3 is 2.88 bits per heavy atom. The highest BCUT2D eigenvalue weighted by atomic mass is 32.1. The molecule has 0 fully saturated rings. The third-order valence-electron chi connectivity index (χ3n) is 2.89. The van der Waals surface area contributed by atoms with E-state index in [0.717, 1.165) is 5.69 Å². The number of amides is 1. The van der Waals surface area contributed by atoms with Crippen molar-refractivity contribution in [2.75, 3.05) is 6.61 Å². The number of hydroxylamine groups is 1. The van der Waals surface area contributed by atoms with E-state index in [4.69, 9.17) is 10.6 Å². The van der Waals surface area contributed by atoms with Crippen molar-refractivity contribution in [3.05, 3.63) is 29.3 Å². The Morgan fingerprint density at radius 1 is 1.36 bits per heavy atom. The highest BCUT2D eigenvalue weighted by molar-refractivity contribution is 7.13. The van der Waals surface area contributed by atoms with Gasteiger partial charge in [-0.05, 0) is 18.1 Å². The molecule has 2 aromatic heterocycles. The van der Waals surface area contributed by atoms with Gasteiger partial charge >= 0.3 is 0 Å². The third kappa shape index (κ3) is 6.48. The third-order valence-corrected chi connectivity index (χ3v) is 3.62. The predicted octanol–water partition coefficient (Wildman–Crippen LogP) is 1.96. The van der Waals surface area contributed by atoms with Crippen molar-refractivity contribution in [3.63, 3.8) is 0 Å². The Balaban J connectivity index is 2.03. The van der Waals surface area contributed by atoms with Crippen LogP contribution >= 0.6 is 11.3 Å². The van der Waals surface area contributed by atoms with Gasteiger partial charge in [0.25, 0.3) is 0 Å². The molecule has 2 aromatic rings. The van der Waals surface area contributed by atoms with Gasteiger partial charge in [0.15, 0.2) is 0 Å². The van der Waals surface area contributed by atoms with Crippen LogP contribution in [-0.4, -0.2) is 28.4 Å². The summed E-state index contributed by atoms with van der Waals surface area (Å²) in [5, 5.41) is 5.07. The van der Waals surface area contributed by atoms with E-state index < -0.39 is 0 Å². The molecular formula is C16H22N6O2S. The summed E-state index contributed by atoms with van der Waals surface area (Å²) in [5.41, 5.74) is 10.5. The van der Waals surface area contributed by atoms with Crippen molar-refractivity contribution in [1.29, 1.82) is 0 Å². The van der Waals surface area contributed by atoms with Crippen molar-refractivity contribution < 1.29 is 9.63 Å². The van der Waals surface area contributed by atoms with Gasteiger partial charge in [-0.1, -0.05) is 19.9 Å². The van der Waals surface area contributed by atoms with E-state index in [0.29, 0.717) is 35.6 Å². The van der Waals surface area contributed by atoms with E-state index in [2.05, 4.69) is 25.8 Å². The Morgan fingerprint density at radius 2 is 2.16 bits per heavy atom. The molecule has 0 aromatic carbocycles. The van der Waals surface area contributed by atoms with Crippen LogP contribution in [0, 0.1) is 5.92 Å². The molecule has 0 unspecified atom stereocenters. The maximum Gasteiger partial charge on any atom is 0.220 e. The lowest BCUT2D eigenvalue weighted by Gasteiger charge is -2.07. The van der Waals surface area contributed by atoms with Gasteiger partial charge in [-0.3, -0.25) is 9.63 Å². The number of thiazole rings is 1. The number of hydrogen-bond donors (Lipinski definition) is 3. The average Bonchev–Trinajstić information content (AvgIpc) is 3.01. The largest absolute Gasteiger partial charge is 0.368 e. The quantitative estimate of drug-likeness (QED) is 0.394. The molecule has 2 rings (SSSR count). The number of aliphatic imine (C=N–C) groups is 1. The molecule has 8 nitrogen and oxygen atoms in total. The number of carbonyl (C=O) groups is 1. The van der Waals surface area contributed by atoms with Crippen molar-refractivity contribution in [1.82, 2.24) is 20.8 Å². The lowest BCUT2D eigenvalue weighted by atomic mass is 10.2. The first-order chi connectivity index (χ1) is 11.9. The molecule has 2 heterocycles. The fourth-order valence-corrected chi connectivity index (χ4v) is 2.47. The number of pyridine rings is 1. The van der Waals surface area contributed by atoms with Crippen LogP contribution in [0.1, 0.15) is 26.5 Å². The van der Waals surface area contributed by atoms with Gasteiger partial charge in [-0.2, -0.15) is 4.99 Å². The highest BCUT2D eigenvalue weighted by Crippen LogP contribution is 2.25. The van der Waals surface area contributed by atoms with Crippen LogP contribution in [0.3, 0.4) is 0 Å². The van der Waals surface area contributed by atoms with Gasteiger partial charge in [-0.15, -0.1) is 11.3 Å². The highest BCUT2D eigenvalue weighted by Gasteiger charge is 2.07. The van der Waals surface area contributed by atoms with Crippen LogP contribution in [0.15, 0.2) is 28.6 Å². The standard InChI is InChI=1S/C16H22N6O2S/c1-10(2)8-24-22-15(17)21-16-20-14(9-25-16)13-6-4-5-12(19-13)7-18-11(3)23/h4-6,9-10H,7-8H2,1-3H3,(H,18,23)(H3,17,20,21,22). The summed E-state index contributed by atoms with van der Waals surface area (Å²) in [6.07, 6.45) is 0. The second kappa shape index (κ2) is 9.09. The summed E-state index contributed by atoms with van der Waals surface area (Å²) in [6, 6.07) is 5.57. The molecule has 9 heteroatoms. The zero-order chi connectivity index (χ0) is 18.2. The molecule has 0 spiro atoms. The van der Waals surface area contributed by atoms with Crippen molar-refractivity contribution in [3.8, 4) is 11.4 Å². The van der Waals surface area contributed by atoms with Gasteiger partial charge in [0.1, 0.15) is 5.69 Å². The topological polar surface area (TPSA) is 115 Å². The number of nitrogens with zero attached hydrogens (tertiary/aromatic N) is 3. The minimum absolute atomic E-state index is 0.0971. The van der Waals surface area contributed by atoms with Crippen LogP contribution in [0.2, 0.25) is 0 Å². The van der Waals surface area contributed by atoms with Gasteiger partial charge < -0.3 is 11.1 Å². The molecule has 0 aliphatic heterocycles. The van der Waals surface area contributed by atoms with Gasteiger partial charge in [0.05, 0.1) is 24.5 Å². The average molecular weight is 362 g/mol. The number of hydrogen-bond acceptors (Lipinski definition) is 6. The minimum atomic E-state index is -0.0971. The number of guanidine groups is 1. The first kappa shape index (κ1) is 18.8. The Bertz CT molecular complexity index is 744. The van der Waals surface area contributed by atoms with Crippen molar-refractivity contribution in [2.24, 2.45) is 16.6 Å². The fraction of sp³-hybridized carbons (Fsp3) is 0.375. The van der Waals surface area contributed by atoms with Crippen molar-refractivity contribution >= 4 is 28.3 Å². The second-order valence-corrected chi connectivity index (χ2v) is 6.58. The van der Waals surface area contributed by atoms with Crippen LogP contribution in [0.5, 0.6) is 0 Å². The van der Waals surface area contributed by atoms with Crippen LogP contribution in [0.4, 0.5) is 5.13 Å². The maximum absolute atomic E-state index is 11.0. The van der Waals surface area contributed by atoms with E-state index in [9.17, 15) is 4.79 Å². The first-order valence-electron chi connectivity index (χ1n) is 7.82. The molecule has 0 saturated carbocycles. The summed E-state index contributed by atoms with van der Waals surface area (Å²) in [6.45, 7) is 6.45. The summed E-state index contributed by atoms with van der Waals surface area (Å²) in [7, 11) is 0. The van der Waals surface area contributed by atoms with Gasteiger partial charge in [-0.25, -0.2) is 15.4 Å². The zero-order valence-corrected chi connectivity index (χ0v) is 15.3. The predicted molar refractivity (Wildman–Crippen MR) is 98.1 cm³/mol. The molecule has 25 heavy (non-hydrogen) atoms. The minimum Gasteiger partial charge on any atom is -0.368 e. The van der Waals surface area contributed by atoms with E-state index in [1.54, 1.807) is 0 Å². The lowest BCUT2D eigenvalue weighted by molar-refractivity contribution is -0.119. The first-order valence-corrected chi connectivity index (χ1v) is 8.70. The summed E-state index contributed by atoms with van der Waals surface area (Å²) >= 11 is 1.35. The summed E-state index contributed by atoms with van der Waals surface area (Å²) < 4.78 is 0. The van der Waals surface area contributed by atoms with Crippen LogP contribution in [0.25, 0.3) is 11.4 Å². The fourth-order valence-electron chi connectivity index (χ4n) is 1.78. The molecule has 4 N–H and O–H groups in total.